The number of amides is 1. The summed E-state index contributed by atoms with van der Waals surface area (Å²) in [7, 11) is 1.59. The maximum Gasteiger partial charge on any atom is 0.246 e. The van der Waals surface area contributed by atoms with E-state index in [1.54, 1.807) is 7.11 Å². The second kappa shape index (κ2) is 7.97. The van der Waals surface area contributed by atoms with Crippen molar-refractivity contribution >= 4 is 5.91 Å². The predicted octanol–water partition coefficient (Wildman–Crippen LogP) is -0.887. The van der Waals surface area contributed by atoms with Crippen molar-refractivity contribution in [1.29, 1.82) is 0 Å². The van der Waals surface area contributed by atoms with E-state index in [0.717, 1.165) is 0 Å². The lowest BCUT2D eigenvalue weighted by Gasteiger charge is -2.11. The van der Waals surface area contributed by atoms with E-state index in [4.69, 9.17) is 15.2 Å². The Hall–Kier alpha value is -0.650. The van der Waals surface area contributed by atoms with Crippen LogP contribution in [0.5, 0.6) is 0 Å². The number of carbonyl (C=O) groups excluding carboxylic acids is 1. The molecule has 0 saturated heterocycles. The van der Waals surface area contributed by atoms with Gasteiger partial charge in [-0.15, -0.1) is 0 Å². The second-order valence-electron chi connectivity index (χ2n) is 2.72. The molecule has 0 aliphatic rings. The number of carbonyl (C=O) groups is 1. The molecule has 5 nitrogen and oxygen atoms in total. The van der Waals surface area contributed by atoms with Crippen LogP contribution in [-0.2, 0) is 14.3 Å². The predicted molar refractivity (Wildman–Crippen MR) is 49.4 cm³/mol. The van der Waals surface area contributed by atoms with Crippen molar-refractivity contribution in [3.8, 4) is 0 Å². The average Bonchev–Trinajstić information content (AvgIpc) is 2.12. The molecule has 0 heterocycles. The number of nitrogens with two attached hydrogens (primary N) is 1. The van der Waals surface area contributed by atoms with Crippen molar-refractivity contribution in [2.24, 2.45) is 5.73 Å². The van der Waals surface area contributed by atoms with Gasteiger partial charge in [0.2, 0.25) is 5.91 Å². The van der Waals surface area contributed by atoms with E-state index in [2.05, 4.69) is 5.32 Å². The summed E-state index contributed by atoms with van der Waals surface area (Å²) in [6, 6.07) is 0. The quantitative estimate of drug-likeness (QED) is 0.546. The van der Waals surface area contributed by atoms with Gasteiger partial charge in [0, 0.05) is 20.2 Å². The van der Waals surface area contributed by atoms with Gasteiger partial charge in [0.05, 0.1) is 12.7 Å². The van der Waals surface area contributed by atoms with E-state index in [1.165, 1.54) is 0 Å². The minimum absolute atomic E-state index is 0.0600. The number of ether oxygens (including phenoxy) is 2. The molecule has 0 saturated carbocycles. The summed E-state index contributed by atoms with van der Waals surface area (Å²) in [5, 5.41) is 2.60. The number of nitrogens with one attached hydrogen (secondary N) is 1. The molecule has 1 unspecified atom stereocenters. The van der Waals surface area contributed by atoms with Gasteiger partial charge in [0.1, 0.15) is 6.61 Å². The molecule has 0 aromatic rings. The molecule has 78 valence electrons. The Kier molecular flexibility index (Phi) is 7.57. The zero-order valence-electron chi connectivity index (χ0n) is 8.21. The zero-order valence-corrected chi connectivity index (χ0v) is 8.21. The van der Waals surface area contributed by atoms with Crippen molar-refractivity contribution in [1.82, 2.24) is 5.32 Å². The van der Waals surface area contributed by atoms with Crippen molar-refractivity contribution in [2.45, 2.75) is 13.0 Å². The van der Waals surface area contributed by atoms with Crippen molar-refractivity contribution in [2.75, 3.05) is 33.4 Å². The Labute approximate surface area is 78.6 Å². The highest BCUT2D eigenvalue weighted by molar-refractivity contribution is 5.77. The molecule has 0 bridgehead atoms. The van der Waals surface area contributed by atoms with Crippen LogP contribution in [0.2, 0.25) is 0 Å². The van der Waals surface area contributed by atoms with Gasteiger partial charge in [-0.1, -0.05) is 0 Å². The van der Waals surface area contributed by atoms with Gasteiger partial charge in [-0.2, -0.15) is 0 Å². The smallest absolute Gasteiger partial charge is 0.246 e. The maximum absolute atomic E-state index is 11.0. The first-order chi connectivity index (χ1) is 6.20. The Bertz CT molecular complexity index is 141. The number of methoxy groups -OCH3 is 1. The van der Waals surface area contributed by atoms with Gasteiger partial charge in [0.25, 0.3) is 0 Å². The number of hydrogen-bond donors (Lipinski definition) is 2. The van der Waals surface area contributed by atoms with E-state index in [0.29, 0.717) is 19.7 Å². The molecule has 0 rings (SSSR count). The SMILES string of the molecule is COCC(C)OCC(=O)NCCN. The minimum Gasteiger partial charge on any atom is -0.382 e. The van der Waals surface area contributed by atoms with Crippen LogP contribution >= 0.6 is 0 Å². The standard InChI is InChI=1S/C8H18N2O3/c1-7(5-12-2)13-6-8(11)10-4-3-9/h7H,3-6,9H2,1-2H3,(H,10,11). The molecule has 0 spiro atoms. The van der Waals surface area contributed by atoms with Crippen LogP contribution in [0.3, 0.4) is 0 Å². The molecule has 0 radical (unpaired) electrons. The second-order valence-corrected chi connectivity index (χ2v) is 2.72. The summed E-state index contributed by atoms with van der Waals surface area (Å²) in [4.78, 5) is 11.0. The third-order valence-corrected chi connectivity index (χ3v) is 1.37. The summed E-state index contributed by atoms with van der Waals surface area (Å²) in [6.45, 7) is 3.33. The first kappa shape index (κ1) is 12.3. The normalized spacial score (nSPS) is 12.5. The lowest BCUT2D eigenvalue weighted by molar-refractivity contribution is -0.128. The topological polar surface area (TPSA) is 73.6 Å². The van der Waals surface area contributed by atoms with Crippen molar-refractivity contribution in [3.63, 3.8) is 0 Å². The lowest BCUT2D eigenvalue weighted by Crippen LogP contribution is -2.33. The third-order valence-electron chi connectivity index (χ3n) is 1.37. The summed E-state index contributed by atoms with van der Waals surface area (Å²) in [5.41, 5.74) is 5.20. The molecular weight excluding hydrogens is 172 g/mol. The van der Waals surface area contributed by atoms with E-state index >= 15 is 0 Å². The molecule has 1 amide bonds. The molecule has 0 aliphatic heterocycles. The van der Waals surface area contributed by atoms with Crippen LogP contribution in [0.15, 0.2) is 0 Å². The average molecular weight is 190 g/mol. The first-order valence-electron chi connectivity index (χ1n) is 4.28. The fraction of sp³-hybridized carbons (Fsp3) is 0.875. The fourth-order valence-electron chi connectivity index (χ4n) is 0.763. The number of hydrogen-bond acceptors (Lipinski definition) is 4. The summed E-state index contributed by atoms with van der Waals surface area (Å²) in [6.07, 6.45) is -0.0615. The fourth-order valence-corrected chi connectivity index (χ4v) is 0.763. The van der Waals surface area contributed by atoms with Gasteiger partial charge in [-0.3, -0.25) is 4.79 Å². The Morgan fingerprint density at radius 1 is 1.62 bits per heavy atom. The Morgan fingerprint density at radius 2 is 2.31 bits per heavy atom. The maximum atomic E-state index is 11.0. The molecule has 0 aromatic heterocycles. The zero-order chi connectivity index (χ0) is 10.1. The molecule has 13 heavy (non-hydrogen) atoms. The van der Waals surface area contributed by atoms with Crippen LogP contribution < -0.4 is 11.1 Å². The minimum atomic E-state index is -0.145. The van der Waals surface area contributed by atoms with Gasteiger partial charge < -0.3 is 20.5 Å². The van der Waals surface area contributed by atoms with E-state index in [9.17, 15) is 4.79 Å². The van der Waals surface area contributed by atoms with Gasteiger partial charge in [0.15, 0.2) is 0 Å². The monoisotopic (exact) mass is 190 g/mol. The van der Waals surface area contributed by atoms with Crippen LogP contribution in [0.25, 0.3) is 0 Å². The van der Waals surface area contributed by atoms with Crippen LogP contribution in [0, 0.1) is 0 Å². The van der Waals surface area contributed by atoms with E-state index in [1.807, 2.05) is 6.92 Å². The van der Waals surface area contributed by atoms with Crippen LogP contribution in [-0.4, -0.2) is 45.4 Å². The number of rotatable bonds is 7. The van der Waals surface area contributed by atoms with Crippen LogP contribution in [0.4, 0.5) is 0 Å². The molecule has 0 aromatic carbocycles. The highest BCUT2D eigenvalue weighted by atomic mass is 16.5. The molecule has 0 aliphatic carbocycles. The Balaban J connectivity index is 3.34. The van der Waals surface area contributed by atoms with Crippen molar-refractivity contribution in [3.05, 3.63) is 0 Å². The van der Waals surface area contributed by atoms with Crippen molar-refractivity contribution < 1.29 is 14.3 Å². The molecule has 1 atom stereocenters. The summed E-state index contributed by atoms with van der Waals surface area (Å²) in [5.74, 6) is -0.145. The highest BCUT2D eigenvalue weighted by Gasteiger charge is 2.04. The molecular formula is C8H18N2O3. The lowest BCUT2D eigenvalue weighted by atomic mass is 10.4. The van der Waals surface area contributed by atoms with E-state index < -0.39 is 0 Å². The van der Waals surface area contributed by atoms with Gasteiger partial charge >= 0.3 is 0 Å². The van der Waals surface area contributed by atoms with Crippen LogP contribution in [0.1, 0.15) is 6.92 Å². The molecule has 3 N–H and O–H groups in total. The third kappa shape index (κ3) is 7.70. The first-order valence-corrected chi connectivity index (χ1v) is 4.28. The molecule has 5 heteroatoms. The van der Waals surface area contributed by atoms with Gasteiger partial charge in [-0.25, -0.2) is 0 Å². The van der Waals surface area contributed by atoms with Gasteiger partial charge in [-0.05, 0) is 6.92 Å². The summed E-state index contributed by atoms with van der Waals surface area (Å²) >= 11 is 0. The molecule has 0 fully saturated rings. The van der Waals surface area contributed by atoms with E-state index in [-0.39, 0.29) is 18.6 Å². The largest absolute Gasteiger partial charge is 0.382 e. The Morgan fingerprint density at radius 3 is 2.85 bits per heavy atom. The summed E-state index contributed by atoms with van der Waals surface area (Å²) < 4.78 is 10.0. The highest BCUT2D eigenvalue weighted by Crippen LogP contribution is 1.89.